The van der Waals surface area contributed by atoms with E-state index < -0.39 is 6.10 Å². The number of hydrogen-bond acceptors (Lipinski definition) is 2. The average Bonchev–Trinajstić information content (AvgIpc) is 3.05. The summed E-state index contributed by atoms with van der Waals surface area (Å²) in [4.78, 5) is 4.66. The Hall–Kier alpha value is -2.62. The summed E-state index contributed by atoms with van der Waals surface area (Å²) in [5, 5.41) is 10.5. The highest BCUT2D eigenvalue weighted by molar-refractivity contribution is 6.33. The number of hydrogen-bond donors (Lipinski definition) is 1. The minimum absolute atomic E-state index is 0.483. The molecule has 4 heteroatoms. The summed E-state index contributed by atoms with van der Waals surface area (Å²) in [5.41, 5.74) is 5.67. The van der Waals surface area contributed by atoms with E-state index >= 15 is 0 Å². The van der Waals surface area contributed by atoms with E-state index in [0.717, 1.165) is 33.6 Å². The van der Waals surface area contributed by atoms with Gasteiger partial charge >= 0.3 is 0 Å². The zero-order valence-electron chi connectivity index (χ0n) is 13.7. The normalized spacial score (nSPS) is 12.4. The number of pyridine rings is 1. The van der Waals surface area contributed by atoms with Crippen LogP contribution >= 0.6 is 11.6 Å². The van der Waals surface area contributed by atoms with Crippen molar-refractivity contribution in [3.05, 3.63) is 83.6 Å². The van der Waals surface area contributed by atoms with E-state index in [9.17, 15) is 5.11 Å². The van der Waals surface area contributed by atoms with Gasteiger partial charge in [0.05, 0.1) is 16.8 Å². The van der Waals surface area contributed by atoms with Crippen LogP contribution in [-0.4, -0.2) is 14.5 Å². The molecule has 124 valence electrons. The number of rotatable bonds is 3. The maximum atomic E-state index is 9.79. The smallest absolute Gasteiger partial charge is 0.137 e. The summed E-state index contributed by atoms with van der Waals surface area (Å²) < 4.78 is 2.00. The first-order valence-electron chi connectivity index (χ1n) is 8.14. The van der Waals surface area contributed by atoms with Gasteiger partial charge < -0.3 is 9.51 Å². The van der Waals surface area contributed by atoms with Crippen molar-refractivity contribution >= 4 is 17.2 Å². The first-order valence-corrected chi connectivity index (χ1v) is 8.52. The predicted molar refractivity (Wildman–Crippen MR) is 102 cm³/mol. The van der Waals surface area contributed by atoms with Crippen LogP contribution in [0, 0.1) is 0 Å². The molecule has 2 aromatic carbocycles. The SMILES string of the molecule is CC(O)c1cccc(-c2ccc3nc(-c4ccccc4Cl)cn3c2)c1. The number of halogens is 1. The van der Waals surface area contributed by atoms with Crippen LogP contribution in [0.5, 0.6) is 0 Å². The zero-order chi connectivity index (χ0) is 17.4. The molecule has 1 atom stereocenters. The van der Waals surface area contributed by atoms with E-state index in [-0.39, 0.29) is 0 Å². The molecule has 0 radical (unpaired) electrons. The van der Waals surface area contributed by atoms with Crippen molar-refractivity contribution in [3.8, 4) is 22.4 Å². The molecule has 1 unspecified atom stereocenters. The summed E-state index contributed by atoms with van der Waals surface area (Å²) in [6.45, 7) is 1.77. The molecule has 0 aliphatic heterocycles. The lowest BCUT2D eigenvalue weighted by molar-refractivity contribution is 0.199. The Morgan fingerprint density at radius 3 is 2.60 bits per heavy atom. The van der Waals surface area contributed by atoms with Gasteiger partial charge in [-0.15, -0.1) is 0 Å². The Kier molecular flexibility index (Phi) is 4.04. The largest absolute Gasteiger partial charge is 0.389 e. The number of aliphatic hydroxyl groups is 1. The third kappa shape index (κ3) is 3.04. The number of aliphatic hydroxyl groups excluding tert-OH is 1. The van der Waals surface area contributed by atoms with Gasteiger partial charge in [-0.1, -0.05) is 48.0 Å². The number of imidazole rings is 1. The van der Waals surface area contributed by atoms with Gasteiger partial charge in [0.25, 0.3) is 0 Å². The van der Waals surface area contributed by atoms with Crippen molar-refractivity contribution in [2.75, 3.05) is 0 Å². The standard InChI is InChI=1S/C21H17ClN2O/c1-14(25)15-5-4-6-16(11-15)17-9-10-21-23-20(13-24(21)12-17)18-7-2-3-8-19(18)22/h2-14,25H,1H3. The Morgan fingerprint density at radius 2 is 1.80 bits per heavy atom. The van der Waals surface area contributed by atoms with Gasteiger partial charge in [-0.2, -0.15) is 0 Å². The topological polar surface area (TPSA) is 37.5 Å². The summed E-state index contributed by atoms with van der Waals surface area (Å²) >= 11 is 6.29. The third-order valence-corrected chi connectivity index (χ3v) is 4.63. The van der Waals surface area contributed by atoms with E-state index in [1.807, 2.05) is 77.5 Å². The van der Waals surface area contributed by atoms with Crippen molar-refractivity contribution in [3.63, 3.8) is 0 Å². The van der Waals surface area contributed by atoms with Crippen LogP contribution in [0.25, 0.3) is 28.0 Å². The Morgan fingerprint density at radius 1 is 0.960 bits per heavy atom. The highest BCUT2D eigenvalue weighted by Crippen LogP contribution is 2.28. The number of nitrogens with zero attached hydrogens (tertiary/aromatic N) is 2. The van der Waals surface area contributed by atoms with E-state index in [1.54, 1.807) is 6.92 Å². The van der Waals surface area contributed by atoms with E-state index in [1.165, 1.54) is 0 Å². The molecule has 0 amide bonds. The van der Waals surface area contributed by atoms with Crippen LogP contribution in [-0.2, 0) is 0 Å². The van der Waals surface area contributed by atoms with Gasteiger partial charge in [-0.25, -0.2) is 4.98 Å². The second-order valence-electron chi connectivity index (χ2n) is 6.09. The zero-order valence-corrected chi connectivity index (χ0v) is 14.5. The molecule has 25 heavy (non-hydrogen) atoms. The van der Waals surface area contributed by atoms with Gasteiger partial charge in [0.2, 0.25) is 0 Å². The highest BCUT2D eigenvalue weighted by Gasteiger charge is 2.09. The highest BCUT2D eigenvalue weighted by atomic mass is 35.5. The molecule has 0 saturated heterocycles. The molecule has 4 rings (SSSR count). The quantitative estimate of drug-likeness (QED) is 0.540. The summed E-state index contributed by atoms with van der Waals surface area (Å²) in [7, 11) is 0. The summed E-state index contributed by atoms with van der Waals surface area (Å²) in [6, 6.07) is 19.7. The lowest BCUT2D eigenvalue weighted by Gasteiger charge is -2.08. The van der Waals surface area contributed by atoms with Crippen molar-refractivity contribution in [1.29, 1.82) is 0 Å². The number of fused-ring (bicyclic) bond motifs is 1. The van der Waals surface area contributed by atoms with E-state index in [4.69, 9.17) is 11.6 Å². The molecule has 4 aromatic rings. The molecule has 2 heterocycles. The molecule has 1 N–H and O–H groups in total. The molecular weight excluding hydrogens is 332 g/mol. The maximum Gasteiger partial charge on any atom is 0.137 e. The van der Waals surface area contributed by atoms with Crippen molar-refractivity contribution in [2.24, 2.45) is 0 Å². The Labute approximate surface area is 151 Å². The van der Waals surface area contributed by atoms with Crippen LogP contribution in [0.4, 0.5) is 0 Å². The molecule has 2 aromatic heterocycles. The molecule has 0 spiro atoms. The molecule has 3 nitrogen and oxygen atoms in total. The predicted octanol–water partition coefficient (Wildman–Crippen LogP) is 5.38. The number of aromatic nitrogens is 2. The van der Waals surface area contributed by atoms with Crippen LogP contribution in [0.3, 0.4) is 0 Å². The van der Waals surface area contributed by atoms with Crippen molar-refractivity contribution in [2.45, 2.75) is 13.0 Å². The van der Waals surface area contributed by atoms with Crippen LogP contribution in [0.1, 0.15) is 18.6 Å². The molecule has 0 aliphatic rings. The fourth-order valence-electron chi connectivity index (χ4n) is 2.94. The van der Waals surface area contributed by atoms with E-state index in [0.29, 0.717) is 5.02 Å². The van der Waals surface area contributed by atoms with Gasteiger partial charge in [0.1, 0.15) is 5.65 Å². The Balaban J connectivity index is 1.79. The summed E-state index contributed by atoms with van der Waals surface area (Å²) in [6.07, 6.45) is 3.55. The van der Waals surface area contributed by atoms with Crippen molar-refractivity contribution < 1.29 is 5.11 Å². The van der Waals surface area contributed by atoms with E-state index in [2.05, 4.69) is 4.98 Å². The summed E-state index contributed by atoms with van der Waals surface area (Å²) in [5.74, 6) is 0. The van der Waals surface area contributed by atoms with Gasteiger partial charge in [-0.05, 0) is 47.9 Å². The molecule has 0 aliphatic carbocycles. The third-order valence-electron chi connectivity index (χ3n) is 4.30. The second kappa shape index (κ2) is 6.36. The fourth-order valence-corrected chi connectivity index (χ4v) is 3.17. The van der Waals surface area contributed by atoms with Crippen LogP contribution in [0.2, 0.25) is 5.02 Å². The monoisotopic (exact) mass is 348 g/mol. The minimum atomic E-state index is -0.483. The van der Waals surface area contributed by atoms with Gasteiger partial charge in [0.15, 0.2) is 0 Å². The first kappa shape index (κ1) is 15.9. The van der Waals surface area contributed by atoms with Crippen LogP contribution in [0.15, 0.2) is 73.1 Å². The second-order valence-corrected chi connectivity index (χ2v) is 6.50. The lowest BCUT2D eigenvalue weighted by Crippen LogP contribution is -1.91. The lowest BCUT2D eigenvalue weighted by atomic mass is 10.0. The number of benzene rings is 2. The molecular formula is C21H17ClN2O. The van der Waals surface area contributed by atoms with Crippen molar-refractivity contribution in [1.82, 2.24) is 9.38 Å². The van der Waals surface area contributed by atoms with Crippen LogP contribution < -0.4 is 0 Å². The Bertz CT molecular complexity index is 1050. The molecule has 0 saturated carbocycles. The first-order chi connectivity index (χ1) is 12.1. The maximum absolute atomic E-state index is 9.79. The molecule has 0 fully saturated rings. The fraction of sp³-hybridized carbons (Fsp3) is 0.0952. The van der Waals surface area contributed by atoms with Gasteiger partial charge in [-0.3, -0.25) is 0 Å². The van der Waals surface area contributed by atoms with Gasteiger partial charge in [0, 0.05) is 18.0 Å². The molecule has 0 bridgehead atoms. The minimum Gasteiger partial charge on any atom is -0.389 e. The average molecular weight is 349 g/mol.